The van der Waals surface area contributed by atoms with Gasteiger partial charge in [-0.1, -0.05) is 0 Å². The van der Waals surface area contributed by atoms with Crippen LogP contribution >= 0.6 is 0 Å². The molecule has 0 radical (unpaired) electrons. The molecular formula is C11H16N4O. The molecular weight excluding hydrogens is 204 g/mol. The van der Waals surface area contributed by atoms with Crippen molar-refractivity contribution in [2.45, 2.75) is 18.9 Å². The molecule has 1 saturated heterocycles. The Bertz CT molecular complexity index is 357. The van der Waals surface area contributed by atoms with Gasteiger partial charge >= 0.3 is 0 Å². The Labute approximate surface area is 94.4 Å². The van der Waals surface area contributed by atoms with Gasteiger partial charge in [-0.3, -0.25) is 9.78 Å². The Morgan fingerprint density at radius 3 is 3.06 bits per heavy atom. The van der Waals surface area contributed by atoms with Gasteiger partial charge in [0.2, 0.25) is 0 Å². The number of amides is 1. The van der Waals surface area contributed by atoms with Crippen LogP contribution < -0.4 is 16.4 Å². The highest BCUT2D eigenvalue weighted by Gasteiger charge is 2.17. The lowest BCUT2D eigenvalue weighted by Gasteiger charge is -2.09. The number of carbonyl (C=O) groups is 1. The van der Waals surface area contributed by atoms with E-state index in [1.807, 2.05) is 6.07 Å². The number of rotatable bonds is 3. The molecule has 0 saturated carbocycles. The third kappa shape index (κ3) is 2.37. The summed E-state index contributed by atoms with van der Waals surface area (Å²) in [4.78, 5) is 15.7. The summed E-state index contributed by atoms with van der Waals surface area (Å²) in [6.45, 7) is 1.19. The number of pyridine rings is 1. The van der Waals surface area contributed by atoms with Gasteiger partial charge in [-0.25, -0.2) is 0 Å². The minimum atomic E-state index is -0.180. The van der Waals surface area contributed by atoms with Crippen molar-refractivity contribution in [3.05, 3.63) is 29.6 Å². The van der Waals surface area contributed by atoms with Crippen LogP contribution in [-0.4, -0.2) is 24.1 Å². The van der Waals surface area contributed by atoms with Crippen LogP contribution in [0.5, 0.6) is 0 Å². The third-order valence-electron chi connectivity index (χ3n) is 2.73. The molecule has 4 N–H and O–H groups in total. The monoisotopic (exact) mass is 220 g/mol. The Kier molecular flexibility index (Phi) is 3.48. The molecule has 0 bridgehead atoms. The second-order valence-corrected chi connectivity index (χ2v) is 3.83. The molecule has 5 nitrogen and oxygen atoms in total. The molecule has 1 aromatic rings. The van der Waals surface area contributed by atoms with Crippen LogP contribution in [0, 0.1) is 0 Å². The predicted molar refractivity (Wildman–Crippen MR) is 60.7 cm³/mol. The Morgan fingerprint density at radius 1 is 1.62 bits per heavy atom. The topological polar surface area (TPSA) is 80.0 Å². The summed E-state index contributed by atoms with van der Waals surface area (Å²) < 4.78 is 0. The lowest BCUT2D eigenvalue weighted by Crippen LogP contribution is -2.29. The second kappa shape index (κ2) is 5.05. The molecule has 0 aliphatic carbocycles. The molecule has 0 spiro atoms. The third-order valence-corrected chi connectivity index (χ3v) is 2.73. The van der Waals surface area contributed by atoms with Gasteiger partial charge in [-0.2, -0.15) is 0 Å². The molecule has 1 atom stereocenters. The second-order valence-electron chi connectivity index (χ2n) is 3.83. The van der Waals surface area contributed by atoms with Crippen LogP contribution in [0.4, 0.5) is 0 Å². The molecule has 1 unspecified atom stereocenters. The maximum Gasteiger partial charge on any atom is 0.253 e. The molecule has 2 rings (SSSR count). The van der Waals surface area contributed by atoms with Crippen LogP contribution in [0.25, 0.3) is 0 Å². The zero-order valence-corrected chi connectivity index (χ0v) is 9.07. The lowest BCUT2D eigenvalue weighted by molar-refractivity contribution is 0.0954. The summed E-state index contributed by atoms with van der Waals surface area (Å²) in [7, 11) is 0. The van der Waals surface area contributed by atoms with Crippen molar-refractivity contribution in [1.29, 1.82) is 0 Å². The first-order chi connectivity index (χ1) is 7.81. The normalized spacial score (nSPS) is 19.7. The SMILES string of the molecule is NCNC(=O)c1ccc(C2CCCN2)nc1. The number of carbonyl (C=O) groups excluding carboxylic acids is 1. The molecule has 1 aliphatic heterocycles. The highest BCUT2D eigenvalue weighted by atomic mass is 16.1. The van der Waals surface area contributed by atoms with Crippen LogP contribution in [0.15, 0.2) is 18.3 Å². The maximum absolute atomic E-state index is 11.4. The zero-order valence-electron chi connectivity index (χ0n) is 9.07. The van der Waals surface area contributed by atoms with E-state index in [1.54, 1.807) is 12.3 Å². The molecule has 2 heterocycles. The number of hydrogen-bond donors (Lipinski definition) is 3. The van der Waals surface area contributed by atoms with E-state index in [-0.39, 0.29) is 12.6 Å². The van der Waals surface area contributed by atoms with E-state index in [2.05, 4.69) is 15.6 Å². The highest BCUT2D eigenvalue weighted by molar-refractivity contribution is 5.93. The van der Waals surface area contributed by atoms with Gasteiger partial charge in [0, 0.05) is 12.2 Å². The van der Waals surface area contributed by atoms with Gasteiger partial charge in [-0.15, -0.1) is 0 Å². The molecule has 86 valence electrons. The smallest absolute Gasteiger partial charge is 0.253 e. The minimum Gasteiger partial charge on any atom is -0.340 e. The van der Waals surface area contributed by atoms with Gasteiger partial charge in [0.05, 0.1) is 17.9 Å². The van der Waals surface area contributed by atoms with Crippen molar-refractivity contribution in [3.63, 3.8) is 0 Å². The molecule has 16 heavy (non-hydrogen) atoms. The van der Waals surface area contributed by atoms with Crippen LogP contribution in [0.2, 0.25) is 0 Å². The molecule has 0 aromatic carbocycles. The van der Waals surface area contributed by atoms with Crippen LogP contribution in [0.3, 0.4) is 0 Å². The predicted octanol–water partition coefficient (Wildman–Crippen LogP) is 0.152. The molecule has 1 aliphatic rings. The first kappa shape index (κ1) is 11.0. The van der Waals surface area contributed by atoms with E-state index in [0.29, 0.717) is 11.6 Å². The van der Waals surface area contributed by atoms with Crippen molar-refractivity contribution in [3.8, 4) is 0 Å². The molecule has 1 fully saturated rings. The standard InChI is InChI=1S/C11H16N4O/c12-7-15-11(16)8-3-4-10(14-6-8)9-2-1-5-13-9/h3-4,6,9,13H,1-2,5,7,12H2,(H,15,16). The van der Waals surface area contributed by atoms with Gasteiger partial charge in [0.15, 0.2) is 0 Å². The molecule has 1 amide bonds. The summed E-state index contributed by atoms with van der Waals surface area (Å²) in [5.41, 5.74) is 6.78. The fourth-order valence-electron chi connectivity index (χ4n) is 1.88. The van der Waals surface area contributed by atoms with E-state index in [9.17, 15) is 4.79 Å². The van der Waals surface area contributed by atoms with Gasteiger partial charge in [0.1, 0.15) is 0 Å². The lowest BCUT2D eigenvalue weighted by atomic mass is 10.1. The molecule has 1 aromatic heterocycles. The highest BCUT2D eigenvalue weighted by Crippen LogP contribution is 2.20. The van der Waals surface area contributed by atoms with Gasteiger partial charge < -0.3 is 16.4 Å². The average molecular weight is 220 g/mol. The number of nitrogens with one attached hydrogen (secondary N) is 2. The van der Waals surface area contributed by atoms with Crippen molar-refractivity contribution in [2.24, 2.45) is 5.73 Å². The summed E-state index contributed by atoms with van der Waals surface area (Å²) in [5, 5.41) is 5.90. The maximum atomic E-state index is 11.4. The number of aromatic nitrogens is 1. The Balaban J connectivity index is 2.06. The zero-order chi connectivity index (χ0) is 11.4. The van der Waals surface area contributed by atoms with Gasteiger partial charge in [-0.05, 0) is 31.5 Å². The van der Waals surface area contributed by atoms with Crippen molar-refractivity contribution in [1.82, 2.24) is 15.6 Å². The Morgan fingerprint density at radius 2 is 2.50 bits per heavy atom. The van der Waals surface area contributed by atoms with E-state index in [0.717, 1.165) is 18.7 Å². The summed E-state index contributed by atoms with van der Waals surface area (Å²) in [6.07, 6.45) is 3.89. The van der Waals surface area contributed by atoms with Crippen LogP contribution in [0.1, 0.15) is 34.9 Å². The van der Waals surface area contributed by atoms with Crippen molar-refractivity contribution >= 4 is 5.91 Å². The number of hydrogen-bond acceptors (Lipinski definition) is 4. The molecule has 5 heteroatoms. The van der Waals surface area contributed by atoms with E-state index >= 15 is 0 Å². The van der Waals surface area contributed by atoms with Gasteiger partial charge in [0.25, 0.3) is 5.91 Å². The summed E-state index contributed by atoms with van der Waals surface area (Å²) >= 11 is 0. The number of nitrogens with two attached hydrogens (primary N) is 1. The first-order valence-electron chi connectivity index (χ1n) is 5.49. The minimum absolute atomic E-state index is 0.144. The van der Waals surface area contributed by atoms with E-state index in [4.69, 9.17) is 5.73 Å². The number of nitrogens with zero attached hydrogens (tertiary/aromatic N) is 1. The fourth-order valence-corrected chi connectivity index (χ4v) is 1.88. The van der Waals surface area contributed by atoms with E-state index in [1.165, 1.54) is 6.42 Å². The summed E-state index contributed by atoms with van der Waals surface area (Å²) in [5.74, 6) is -0.180. The van der Waals surface area contributed by atoms with Crippen molar-refractivity contribution < 1.29 is 4.79 Å². The average Bonchev–Trinajstić information content (AvgIpc) is 2.83. The quantitative estimate of drug-likeness (QED) is 0.634. The largest absolute Gasteiger partial charge is 0.340 e. The van der Waals surface area contributed by atoms with Crippen molar-refractivity contribution in [2.75, 3.05) is 13.2 Å². The fraction of sp³-hybridized carbons (Fsp3) is 0.455. The summed E-state index contributed by atoms with van der Waals surface area (Å²) in [6, 6.07) is 4.02. The van der Waals surface area contributed by atoms with Crippen LogP contribution in [-0.2, 0) is 0 Å². The first-order valence-corrected chi connectivity index (χ1v) is 5.49. The Hall–Kier alpha value is -1.46. The van der Waals surface area contributed by atoms with E-state index < -0.39 is 0 Å².